The van der Waals surface area contributed by atoms with Crippen LogP contribution in [0.4, 0.5) is 0 Å². The van der Waals surface area contributed by atoms with Crippen LogP contribution in [0.5, 0.6) is 0 Å². The second-order valence-corrected chi connectivity index (χ2v) is 3.43. The maximum atomic E-state index is 10.6. The fourth-order valence-electron chi connectivity index (χ4n) is 1.40. The maximum absolute atomic E-state index is 10.6. The molecule has 0 unspecified atom stereocenters. The third kappa shape index (κ3) is 2.10. The highest BCUT2D eigenvalue weighted by Crippen LogP contribution is 2.17. The van der Waals surface area contributed by atoms with E-state index in [-0.39, 0.29) is 0 Å². The van der Waals surface area contributed by atoms with E-state index in [1.807, 2.05) is 43.3 Å². The highest BCUT2D eigenvalue weighted by molar-refractivity contribution is 5.73. The molecule has 2 aromatic rings. The van der Waals surface area contributed by atoms with Crippen LogP contribution in [0.25, 0.3) is 11.3 Å². The summed E-state index contributed by atoms with van der Waals surface area (Å²) in [5.74, 6) is 0. The highest BCUT2D eigenvalue weighted by atomic mass is 16.1. The number of nitrogens with zero attached hydrogens (tertiary/aromatic N) is 1. The van der Waals surface area contributed by atoms with Crippen LogP contribution in [0.15, 0.2) is 42.5 Å². The molecule has 0 aliphatic rings. The molecule has 2 nitrogen and oxygen atoms in total. The SMILES string of the molecule is Cc1ccc(-c2cccc(C=O)n2)cc1. The molecule has 2 rings (SSSR count). The highest BCUT2D eigenvalue weighted by Gasteiger charge is 1.99. The average molecular weight is 197 g/mol. The number of hydrogen-bond donors (Lipinski definition) is 0. The van der Waals surface area contributed by atoms with Crippen LogP contribution in [0.2, 0.25) is 0 Å². The summed E-state index contributed by atoms with van der Waals surface area (Å²) in [5.41, 5.74) is 3.54. The first-order valence-corrected chi connectivity index (χ1v) is 4.79. The first-order chi connectivity index (χ1) is 7.29. The molecule has 0 aliphatic carbocycles. The van der Waals surface area contributed by atoms with Gasteiger partial charge >= 0.3 is 0 Å². The zero-order valence-electron chi connectivity index (χ0n) is 8.47. The molecule has 0 N–H and O–H groups in total. The number of aromatic nitrogens is 1. The Balaban J connectivity index is 2.44. The summed E-state index contributed by atoms with van der Waals surface area (Å²) in [5, 5.41) is 0. The van der Waals surface area contributed by atoms with Gasteiger partial charge in [0, 0.05) is 5.56 Å². The molecular formula is C13H11NO. The first-order valence-electron chi connectivity index (χ1n) is 4.79. The largest absolute Gasteiger partial charge is 0.296 e. The molecule has 0 bridgehead atoms. The molecule has 1 aromatic carbocycles. The number of benzene rings is 1. The predicted molar refractivity (Wildman–Crippen MR) is 59.8 cm³/mol. The van der Waals surface area contributed by atoms with Gasteiger partial charge in [0.25, 0.3) is 0 Å². The third-order valence-electron chi connectivity index (χ3n) is 2.24. The minimum Gasteiger partial charge on any atom is -0.296 e. The van der Waals surface area contributed by atoms with Gasteiger partial charge in [0.15, 0.2) is 6.29 Å². The summed E-state index contributed by atoms with van der Waals surface area (Å²) < 4.78 is 0. The number of aryl methyl sites for hydroxylation is 1. The van der Waals surface area contributed by atoms with Gasteiger partial charge in [0.1, 0.15) is 5.69 Å². The van der Waals surface area contributed by atoms with Gasteiger partial charge in [-0.15, -0.1) is 0 Å². The molecule has 0 radical (unpaired) electrons. The second kappa shape index (κ2) is 4.05. The van der Waals surface area contributed by atoms with Crippen LogP contribution < -0.4 is 0 Å². The maximum Gasteiger partial charge on any atom is 0.168 e. The molecule has 0 spiro atoms. The van der Waals surface area contributed by atoms with Crippen molar-refractivity contribution in [2.45, 2.75) is 6.92 Å². The van der Waals surface area contributed by atoms with E-state index in [1.54, 1.807) is 6.07 Å². The summed E-state index contributed by atoms with van der Waals surface area (Å²) in [7, 11) is 0. The van der Waals surface area contributed by atoms with E-state index in [4.69, 9.17) is 0 Å². The van der Waals surface area contributed by atoms with E-state index < -0.39 is 0 Å². The van der Waals surface area contributed by atoms with Gasteiger partial charge in [-0.3, -0.25) is 4.79 Å². The molecule has 74 valence electrons. The summed E-state index contributed by atoms with van der Waals surface area (Å²) in [6.07, 6.45) is 0.762. The number of pyridine rings is 1. The van der Waals surface area contributed by atoms with Gasteiger partial charge in [-0.25, -0.2) is 4.98 Å². The minimum absolute atomic E-state index is 0.466. The number of carbonyl (C=O) groups excluding carboxylic acids is 1. The molecule has 0 saturated heterocycles. The van der Waals surface area contributed by atoms with Gasteiger partial charge in [0.2, 0.25) is 0 Å². The van der Waals surface area contributed by atoms with Crippen LogP contribution in [0, 0.1) is 6.92 Å². The Labute approximate surface area is 88.6 Å². The molecule has 0 amide bonds. The summed E-state index contributed by atoms with van der Waals surface area (Å²) in [6, 6.07) is 13.5. The zero-order chi connectivity index (χ0) is 10.7. The summed E-state index contributed by atoms with van der Waals surface area (Å²) in [6.45, 7) is 2.04. The lowest BCUT2D eigenvalue weighted by Crippen LogP contribution is -1.89. The van der Waals surface area contributed by atoms with E-state index in [0.29, 0.717) is 5.69 Å². The van der Waals surface area contributed by atoms with Crippen molar-refractivity contribution in [3.8, 4) is 11.3 Å². The summed E-state index contributed by atoms with van der Waals surface area (Å²) in [4.78, 5) is 14.8. The average Bonchev–Trinajstić information content (AvgIpc) is 2.30. The van der Waals surface area contributed by atoms with Crippen molar-refractivity contribution in [2.24, 2.45) is 0 Å². The Hall–Kier alpha value is -1.96. The molecular weight excluding hydrogens is 186 g/mol. The van der Waals surface area contributed by atoms with Crippen LogP contribution >= 0.6 is 0 Å². The van der Waals surface area contributed by atoms with Crippen LogP contribution in [-0.4, -0.2) is 11.3 Å². The van der Waals surface area contributed by atoms with Gasteiger partial charge < -0.3 is 0 Å². The van der Waals surface area contributed by atoms with E-state index in [1.165, 1.54) is 5.56 Å². The van der Waals surface area contributed by atoms with Crippen molar-refractivity contribution in [3.05, 3.63) is 53.7 Å². The normalized spacial score (nSPS) is 9.93. The molecule has 0 fully saturated rings. The van der Waals surface area contributed by atoms with E-state index in [2.05, 4.69) is 4.98 Å². The van der Waals surface area contributed by atoms with Crippen LogP contribution in [0.1, 0.15) is 16.1 Å². The number of carbonyl (C=O) groups is 1. The zero-order valence-corrected chi connectivity index (χ0v) is 8.47. The molecule has 1 heterocycles. The molecule has 0 saturated carbocycles. The fourth-order valence-corrected chi connectivity index (χ4v) is 1.40. The van der Waals surface area contributed by atoms with Crippen molar-refractivity contribution in [1.82, 2.24) is 4.98 Å². The number of hydrogen-bond acceptors (Lipinski definition) is 2. The monoisotopic (exact) mass is 197 g/mol. The Kier molecular flexibility index (Phi) is 2.59. The number of rotatable bonds is 2. The van der Waals surface area contributed by atoms with Crippen molar-refractivity contribution < 1.29 is 4.79 Å². The Morgan fingerprint density at radius 2 is 1.80 bits per heavy atom. The lowest BCUT2D eigenvalue weighted by Gasteiger charge is -2.01. The van der Waals surface area contributed by atoms with Gasteiger partial charge in [-0.1, -0.05) is 35.9 Å². The number of aldehydes is 1. The van der Waals surface area contributed by atoms with Crippen molar-refractivity contribution >= 4 is 6.29 Å². The van der Waals surface area contributed by atoms with Crippen molar-refractivity contribution in [3.63, 3.8) is 0 Å². The van der Waals surface area contributed by atoms with E-state index >= 15 is 0 Å². The lowest BCUT2D eigenvalue weighted by molar-refractivity contribution is 0.111. The smallest absolute Gasteiger partial charge is 0.168 e. The van der Waals surface area contributed by atoms with Crippen molar-refractivity contribution in [2.75, 3.05) is 0 Å². The topological polar surface area (TPSA) is 30.0 Å². The van der Waals surface area contributed by atoms with E-state index in [0.717, 1.165) is 17.5 Å². The molecule has 15 heavy (non-hydrogen) atoms. The standard InChI is InChI=1S/C13H11NO/c1-10-5-7-11(8-6-10)13-4-2-3-12(9-15)14-13/h2-9H,1H3. The lowest BCUT2D eigenvalue weighted by atomic mass is 10.1. The first kappa shape index (κ1) is 9.59. The molecule has 1 aromatic heterocycles. The molecule has 2 heteroatoms. The third-order valence-corrected chi connectivity index (χ3v) is 2.24. The van der Waals surface area contributed by atoms with E-state index in [9.17, 15) is 4.79 Å². The summed E-state index contributed by atoms with van der Waals surface area (Å²) >= 11 is 0. The fraction of sp³-hybridized carbons (Fsp3) is 0.0769. The quantitative estimate of drug-likeness (QED) is 0.693. The van der Waals surface area contributed by atoms with Crippen LogP contribution in [-0.2, 0) is 0 Å². The molecule has 0 aliphatic heterocycles. The van der Waals surface area contributed by atoms with Gasteiger partial charge in [-0.2, -0.15) is 0 Å². The Bertz CT molecular complexity index is 474. The molecule has 0 atom stereocenters. The Morgan fingerprint density at radius 3 is 2.47 bits per heavy atom. The van der Waals surface area contributed by atoms with Gasteiger partial charge in [0.05, 0.1) is 5.69 Å². The Morgan fingerprint density at radius 1 is 1.07 bits per heavy atom. The van der Waals surface area contributed by atoms with Crippen LogP contribution in [0.3, 0.4) is 0 Å². The van der Waals surface area contributed by atoms with Crippen molar-refractivity contribution in [1.29, 1.82) is 0 Å². The van der Waals surface area contributed by atoms with Gasteiger partial charge in [-0.05, 0) is 19.1 Å². The second-order valence-electron chi connectivity index (χ2n) is 3.43. The minimum atomic E-state index is 0.466. The predicted octanol–water partition coefficient (Wildman–Crippen LogP) is 2.87.